The molecule has 0 atom stereocenters. The van der Waals surface area contributed by atoms with Crippen LogP contribution >= 0.6 is 0 Å². The van der Waals surface area contributed by atoms with Crippen LogP contribution < -0.4 is 40.8 Å². The van der Waals surface area contributed by atoms with Crippen molar-refractivity contribution in [2.45, 2.75) is 0 Å². The molecule has 0 fully saturated rings. The number of rotatable bonds is 6. The minimum absolute atomic E-state index is 0. The summed E-state index contributed by atoms with van der Waals surface area (Å²) in [5, 5.41) is 8.25. The molecule has 70 valence electrons. The Balaban J connectivity index is -0.000000500. The van der Waals surface area contributed by atoms with Gasteiger partial charge in [0.2, 0.25) is 0 Å². The van der Waals surface area contributed by atoms with E-state index >= 15 is 0 Å². The van der Waals surface area contributed by atoms with Crippen molar-refractivity contribution in [3.05, 3.63) is 0 Å². The smallest absolute Gasteiger partial charge is 1.00 e. The van der Waals surface area contributed by atoms with Crippen LogP contribution in [0.3, 0.4) is 0 Å². The van der Waals surface area contributed by atoms with Gasteiger partial charge in [0, 0.05) is 13.1 Å². The number of aliphatic hydroxyl groups is 1. The molecule has 0 radical (unpaired) electrons. The molecule has 8 heteroatoms. The van der Waals surface area contributed by atoms with Crippen LogP contribution in [0.5, 0.6) is 0 Å². The first-order valence-corrected chi connectivity index (χ1v) is 4.65. The van der Waals surface area contributed by atoms with Crippen LogP contribution in [-0.4, -0.2) is 39.0 Å². The molecule has 0 rings (SSSR count). The Morgan fingerprint density at radius 2 is 2.17 bits per heavy atom. The zero-order valence-corrected chi connectivity index (χ0v) is 9.80. The Kier molecular flexibility index (Phi) is 10.7. The minimum Gasteiger partial charge on any atom is -1.00 e. The molecule has 0 amide bonds. The molecule has 4 N–H and O–H groups in total. The van der Waals surface area contributed by atoms with Crippen molar-refractivity contribution in [2.24, 2.45) is 5.73 Å². The van der Waals surface area contributed by atoms with Crippen LogP contribution in [0, 0.1) is 0 Å². The number of aliphatic hydroxyl groups excluding tert-OH is 1. The molecule has 6 nitrogen and oxygen atoms in total. The van der Waals surface area contributed by atoms with E-state index in [1.807, 2.05) is 0 Å². The van der Waals surface area contributed by atoms with Gasteiger partial charge in [-0.1, -0.05) is 0 Å². The zero-order valence-electron chi connectivity index (χ0n) is 7.99. The van der Waals surface area contributed by atoms with Gasteiger partial charge in [0.1, 0.15) is 5.75 Å². The number of nitrogens with one attached hydrogen (secondary N) is 1. The largest absolute Gasteiger partial charge is 1.00 e. The van der Waals surface area contributed by atoms with E-state index in [-0.39, 0.29) is 44.1 Å². The molecule has 0 saturated carbocycles. The van der Waals surface area contributed by atoms with Crippen molar-refractivity contribution < 1.29 is 48.8 Å². The maximum absolute atomic E-state index is 10.6. The van der Waals surface area contributed by atoms with E-state index in [1.165, 1.54) is 0 Å². The second kappa shape index (κ2) is 8.39. The first-order chi connectivity index (χ1) is 5.12. The first-order valence-electron chi connectivity index (χ1n) is 3.07. The number of nitrogens with two attached hydrogens (primary N) is 1. The van der Waals surface area contributed by atoms with Crippen LogP contribution in [0.15, 0.2) is 0 Å². The third-order valence-corrected chi connectivity index (χ3v) is 1.83. The van der Waals surface area contributed by atoms with Crippen LogP contribution in [0.2, 0.25) is 0 Å². The minimum atomic E-state index is -3.62. The Bertz CT molecular complexity index is 189. The van der Waals surface area contributed by atoms with E-state index in [2.05, 4.69) is 9.76 Å². The van der Waals surface area contributed by atoms with Crippen LogP contribution in [-0.2, 0) is 14.4 Å². The topological polar surface area (TPSA) is 102 Å². The van der Waals surface area contributed by atoms with E-state index < -0.39 is 22.5 Å². The molecule has 0 bridgehead atoms. The van der Waals surface area contributed by atoms with Crippen molar-refractivity contribution in [2.75, 3.05) is 25.4 Å². The Labute approximate surface area is 95.3 Å². The van der Waals surface area contributed by atoms with E-state index in [4.69, 9.17) is 10.8 Å². The summed E-state index contributed by atoms with van der Waals surface area (Å²) in [4.78, 5) is 0. The molecule has 0 spiro atoms. The molecular formula is C4H13N2NaO4S. The van der Waals surface area contributed by atoms with E-state index in [9.17, 15) is 8.42 Å². The predicted octanol–water partition coefficient (Wildman–Crippen LogP) is -5.10. The zero-order chi connectivity index (χ0) is 8.74. The van der Waals surface area contributed by atoms with Crippen molar-refractivity contribution in [3.63, 3.8) is 0 Å². The number of hydroxylamine groups is 1. The molecule has 0 heterocycles. The van der Waals surface area contributed by atoms with Gasteiger partial charge in [0.25, 0.3) is 10.1 Å². The third kappa shape index (κ3) is 8.88. The van der Waals surface area contributed by atoms with Crippen LogP contribution in [0.25, 0.3) is 0 Å². The van der Waals surface area contributed by atoms with Crippen molar-refractivity contribution in [3.8, 4) is 0 Å². The van der Waals surface area contributed by atoms with Gasteiger partial charge in [-0.25, -0.2) is 0 Å². The maximum atomic E-state index is 10.6. The molecule has 0 aliphatic carbocycles. The molecule has 12 heavy (non-hydrogen) atoms. The monoisotopic (exact) mass is 208 g/mol. The fourth-order valence-corrected chi connectivity index (χ4v) is 0.914. The molecule has 0 aromatic heterocycles. The normalized spacial score (nSPS) is 10.8. The van der Waals surface area contributed by atoms with Crippen molar-refractivity contribution in [1.82, 2.24) is 5.48 Å². The second-order valence-corrected chi connectivity index (χ2v) is 3.44. The number of hydrogen-bond donors (Lipinski definition) is 3. The van der Waals surface area contributed by atoms with Crippen LogP contribution in [0.4, 0.5) is 0 Å². The van der Waals surface area contributed by atoms with E-state index in [1.54, 1.807) is 0 Å². The Morgan fingerprint density at radius 3 is 2.58 bits per heavy atom. The SMILES string of the molecule is NCCNOS(=O)(=O)CCO.[H-].[Na+]. The van der Waals surface area contributed by atoms with Gasteiger partial charge in [0.05, 0.1) is 6.61 Å². The summed E-state index contributed by atoms with van der Waals surface area (Å²) in [6.45, 7) is 0.0892. The maximum Gasteiger partial charge on any atom is 1.00 e. The summed E-state index contributed by atoms with van der Waals surface area (Å²) in [6, 6.07) is 0. The van der Waals surface area contributed by atoms with Gasteiger partial charge >= 0.3 is 29.6 Å². The molecule has 0 aliphatic heterocycles. The number of hydrogen-bond acceptors (Lipinski definition) is 6. The summed E-state index contributed by atoms with van der Waals surface area (Å²) in [5.74, 6) is -0.412. The van der Waals surface area contributed by atoms with Gasteiger partial charge in [0.15, 0.2) is 0 Å². The molecule has 0 aromatic rings. The summed E-state index contributed by atoms with van der Waals surface area (Å²) in [6.07, 6.45) is 0. The van der Waals surface area contributed by atoms with Crippen molar-refractivity contribution >= 4 is 10.1 Å². The van der Waals surface area contributed by atoms with Gasteiger partial charge in [-0.3, -0.25) is 0 Å². The Morgan fingerprint density at radius 1 is 1.58 bits per heavy atom. The molecular weight excluding hydrogens is 195 g/mol. The van der Waals surface area contributed by atoms with Gasteiger partial charge in [-0.05, 0) is 0 Å². The fraction of sp³-hybridized carbons (Fsp3) is 1.00. The quantitative estimate of drug-likeness (QED) is 0.229. The van der Waals surface area contributed by atoms with Crippen LogP contribution in [0.1, 0.15) is 1.43 Å². The molecule has 0 aromatic carbocycles. The third-order valence-electron chi connectivity index (χ3n) is 0.774. The van der Waals surface area contributed by atoms with Gasteiger partial charge in [-0.15, -0.1) is 0 Å². The van der Waals surface area contributed by atoms with Gasteiger partial charge < -0.3 is 12.3 Å². The average Bonchev–Trinajstić information content (AvgIpc) is 1.87. The molecule has 0 saturated heterocycles. The fourth-order valence-electron chi connectivity index (χ4n) is 0.344. The molecule has 0 aliphatic rings. The average molecular weight is 208 g/mol. The van der Waals surface area contributed by atoms with Crippen molar-refractivity contribution in [1.29, 1.82) is 0 Å². The standard InChI is InChI=1S/C4H12N2O4S.Na.H/c5-1-2-6-10-11(8,9)4-3-7;;/h6-7H,1-5H2;;/q;+1;-1. The Hall–Kier alpha value is 0.790. The first kappa shape index (κ1) is 15.3. The van der Waals surface area contributed by atoms with E-state index in [0.29, 0.717) is 0 Å². The molecule has 0 unspecified atom stereocenters. The summed E-state index contributed by atoms with van der Waals surface area (Å²) in [5.41, 5.74) is 7.18. The summed E-state index contributed by atoms with van der Waals surface area (Å²) < 4.78 is 25.4. The van der Waals surface area contributed by atoms with E-state index in [0.717, 1.165) is 0 Å². The van der Waals surface area contributed by atoms with Gasteiger partial charge in [-0.2, -0.15) is 18.2 Å². The summed E-state index contributed by atoms with van der Waals surface area (Å²) >= 11 is 0. The summed E-state index contributed by atoms with van der Waals surface area (Å²) in [7, 11) is -3.62. The predicted molar refractivity (Wildman–Crippen MR) is 40.1 cm³/mol. The second-order valence-electron chi connectivity index (χ2n) is 1.75.